The number of rotatable bonds is 1. The van der Waals surface area contributed by atoms with Gasteiger partial charge in [-0.3, -0.25) is 0 Å². The van der Waals surface area contributed by atoms with Gasteiger partial charge in [-0.25, -0.2) is 4.98 Å². The Morgan fingerprint density at radius 1 is 1.42 bits per heavy atom. The lowest BCUT2D eigenvalue weighted by atomic mass is 9.91. The van der Waals surface area contributed by atoms with Crippen LogP contribution in [0.15, 0.2) is 0 Å². The number of aryl methyl sites for hydroxylation is 1. The molecule has 0 aliphatic heterocycles. The van der Waals surface area contributed by atoms with Crippen LogP contribution in [-0.4, -0.2) is 10.1 Å². The summed E-state index contributed by atoms with van der Waals surface area (Å²) in [6.07, 6.45) is 0. The van der Waals surface area contributed by atoms with Gasteiger partial charge in [-0.1, -0.05) is 20.8 Å². The van der Waals surface area contributed by atoms with Crippen molar-refractivity contribution < 1.29 is 5.11 Å². The molecule has 1 N–H and O–H groups in total. The molecule has 1 rings (SSSR count). The van der Waals surface area contributed by atoms with Gasteiger partial charge < -0.3 is 5.11 Å². The first-order valence-electron chi connectivity index (χ1n) is 4.03. The van der Waals surface area contributed by atoms with Crippen LogP contribution in [0.2, 0.25) is 0 Å². The third-order valence-electron chi connectivity index (χ3n) is 1.66. The third-order valence-corrected chi connectivity index (χ3v) is 2.61. The van der Waals surface area contributed by atoms with E-state index < -0.39 is 0 Å². The average molecular weight is 185 g/mol. The van der Waals surface area contributed by atoms with E-state index in [0.717, 1.165) is 15.6 Å². The van der Waals surface area contributed by atoms with Crippen LogP contribution >= 0.6 is 11.3 Å². The van der Waals surface area contributed by atoms with Gasteiger partial charge in [-0.05, 0) is 6.92 Å². The summed E-state index contributed by atoms with van der Waals surface area (Å²) in [6.45, 7) is 8.42. The summed E-state index contributed by atoms with van der Waals surface area (Å²) < 4.78 is 0. The SMILES string of the molecule is Cc1nc(C(C)(C)C)c(CO)s1. The second-order valence-electron chi connectivity index (χ2n) is 3.91. The lowest BCUT2D eigenvalue weighted by Crippen LogP contribution is -2.14. The zero-order valence-corrected chi connectivity index (χ0v) is 8.83. The maximum absolute atomic E-state index is 9.07. The van der Waals surface area contributed by atoms with Gasteiger partial charge in [-0.15, -0.1) is 11.3 Å². The molecule has 0 unspecified atom stereocenters. The molecule has 0 aliphatic rings. The fourth-order valence-electron chi connectivity index (χ4n) is 1.16. The Labute approximate surface area is 77.3 Å². The van der Waals surface area contributed by atoms with Crippen molar-refractivity contribution in [1.82, 2.24) is 4.98 Å². The molecule has 68 valence electrons. The Balaban J connectivity index is 3.13. The summed E-state index contributed by atoms with van der Waals surface area (Å²) >= 11 is 1.58. The zero-order valence-electron chi connectivity index (χ0n) is 8.01. The quantitative estimate of drug-likeness (QED) is 0.728. The van der Waals surface area contributed by atoms with E-state index >= 15 is 0 Å². The molecule has 3 heteroatoms. The fraction of sp³-hybridized carbons (Fsp3) is 0.667. The Bertz CT molecular complexity index is 273. The largest absolute Gasteiger partial charge is 0.391 e. The molecule has 12 heavy (non-hydrogen) atoms. The number of nitrogens with zero attached hydrogens (tertiary/aromatic N) is 1. The molecule has 1 aromatic rings. The molecule has 0 saturated carbocycles. The van der Waals surface area contributed by atoms with Crippen molar-refractivity contribution in [2.75, 3.05) is 0 Å². The Kier molecular flexibility index (Phi) is 2.54. The molecule has 2 nitrogen and oxygen atoms in total. The van der Waals surface area contributed by atoms with E-state index in [4.69, 9.17) is 5.11 Å². The normalized spacial score (nSPS) is 12.1. The number of aliphatic hydroxyl groups excluding tert-OH is 1. The molecule has 0 amide bonds. The number of thiazole rings is 1. The molecular weight excluding hydrogens is 170 g/mol. The van der Waals surface area contributed by atoms with E-state index in [1.165, 1.54) is 0 Å². The minimum absolute atomic E-state index is 0.0445. The van der Waals surface area contributed by atoms with Gasteiger partial charge >= 0.3 is 0 Å². The van der Waals surface area contributed by atoms with Crippen LogP contribution in [0.4, 0.5) is 0 Å². The Morgan fingerprint density at radius 3 is 2.33 bits per heavy atom. The summed E-state index contributed by atoms with van der Waals surface area (Å²) in [5.74, 6) is 0. The van der Waals surface area contributed by atoms with E-state index in [1.807, 2.05) is 6.92 Å². The van der Waals surface area contributed by atoms with E-state index in [9.17, 15) is 0 Å². The number of hydrogen-bond donors (Lipinski definition) is 1. The van der Waals surface area contributed by atoms with Crippen LogP contribution in [0.25, 0.3) is 0 Å². The van der Waals surface area contributed by atoms with Crippen LogP contribution in [0.1, 0.15) is 36.3 Å². The smallest absolute Gasteiger partial charge is 0.0901 e. The van der Waals surface area contributed by atoms with Crippen molar-refractivity contribution in [3.8, 4) is 0 Å². The molecule has 0 fully saturated rings. The predicted molar refractivity (Wildman–Crippen MR) is 51.5 cm³/mol. The van der Waals surface area contributed by atoms with Gasteiger partial charge in [0.15, 0.2) is 0 Å². The van der Waals surface area contributed by atoms with Gasteiger partial charge in [0.1, 0.15) is 0 Å². The molecule has 0 saturated heterocycles. The highest BCUT2D eigenvalue weighted by molar-refractivity contribution is 7.11. The summed E-state index contributed by atoms with van der Waals surface area (Å²) in [4.78, 5) is 5.41. The minimum Gasteiger partial charge on any atom is -0.391 e. The van der Waals surface area contributed by atoms with Gasteiger partial charge in [-0.2, -0.15) is 0 Å². The molecule has 0 spiro atoms. The lowest BCUT2D eigenvalue weighted by Gasteiger charge is -2.16. The lowest BCUT2D eigenvalue weighted by molar-refractivity contribution is 0.282. The highest BCUT2D eigenvalue weighted by Gasteiger charge is 2.21. The van der Waals surface area contributed by atoms with Gasteiger partial charge in [0.25, 0.3) is 0 Å². The number of aromatic nitrogens is 1. The molecule has 0 bridgehead atoms. The van der Waals surface area contributed by atoms with Gasteiger partial charge in [0.05, 0.1) is 22.2 Å². The van der Waals surface area contributed by atoms with Crippen LogP contribution in [0.5, 0.6) is 0 Å². The average Bonchev–Trinajstić information content (AvgIpc) is 2.29. The first kappa shape index (κ1) is 9.68. The molecular formula is C9H15NOS. The standard InChI is InChI=1S/C9H15NOS/c1-6-10-8(9(2,3)4)7(5-11)12-6/h11H,5H2,1-4H3. The second-order valence-corrected chi connectivity index (χ2v) is 5.20. The monoisotopic (exact) mass is 185 g/mol. The predicted octanol–water partition coefficient (Wildman–Crippen LogP) is 2.24. The van der Waals surface area contributed by atoms with Crippen LogP contribution in [0, 0.1) is 6.92 Å². The minimum atomic E-state index is 0.0445. The maximum Gasteiger partial charge on any atom is 0.0901 e. The number of aliphatic hydroxyl groups is 1. The Morgan fingerprint density at radius 2 is 2.00 bits per heavy atom. The van der Waals surface area contributed by atoms with Crippen LogP contribution in [-0.2, 0) is 12.0 Å². The van der Waals surface area contributed by atoms with Crippen molar-refractivity contribution in [3.63, 3.8) is 0 Å². The third kappa shape index (κ3) is 1.84. The second kappa shape index (κ2) is 3.15. The van der Waals surface area contributed by atoms with Crippen molar-refractivity contribution in [1.29, 1.82) is 0 Å². The molecule has 0 atom stereocenters. The highest BCUT2D eigenvalue weighted by atomic mass is 32.1. The number of hydrogen-bond acceptors (Lipinski definition) is 3. The summed E-state index contributed by atoms with van der Waals surface area (Å²) in [7, 11) is 0. The van der Waals surface area contributed by atoms with E-state index in [-0.39, 0.29) is 12.0 Å². The Hall–Kier alpha value is -0.410. The maximum atomic E-state index is 9.07. The van der Waals surface area contributed by atoms with Gasteiger partial charge in [0.2, 0.25) is 0 Å². The summed E-state index contributed by atoms with van der Waals surface area (Å²) in [6, 6.07) is 0. The van der Waals surface area contributed by atoms with Crippen molar-refractivity contribution in [3.05, 3.63) is 15.6 Å². The fourth-order valence-corrected chi connectivity index (χ4v) is 2.17. The van der Waals surface area contributed by atoms with E-state index in [0.29, 0.717) is 0 Å². The molecule has 1 aromatic heterocycles. The van der Waals surface area contributed by atoms with Crippen molar-refractivity contribution in [2.45, 2.75) is 39.7 Å². The van der Waals surface area contributed by atoms with Crippen molar-refractivity contribution in [2.24, 2.45) is 0 Å². The highest BCUT2D eigenvalue weighted by Crippen LogP contribution is 2.28. The molecule has 1 heterocycles. The molecule has 0 radical (unpaired) electrons. The first-order chi connectivity index (χ1) is 5.45. The van der Waals surface area contributed by atoms with Crippen LogP contribution in [0.3, 0.4) is 0 Å². The van der Waals surface area contributed by atoms with Gasteiger partial charge in [0, 0.05) is 5.41 Å². The summed E-state index contributed by atoms with van der Waals surface area (Å²) in [5, 5.41) is 10.1. The molecule has 0 aromatic carbocycles. The van der Waals surface area contributed by atoms with Crippen LogP contribution < -0.4 is 0 Å². The molecule has 0 aliphatic carbocycles. The van der Waals surface area contributed by atoms with Crippen molar-refractivity contribution >= 4 is 11.3 Å². The first-order valence-corrected chi connectivity index (χ1v) is 4.84. The van der Waals surface area contributed by atoms with E-state index in [2.05, 4.69) is 25.8 Å². The zero-order chi connectivity index (χ0) is 9.35. The topological polar surface area (TPSA) is 33.1 Å². The summed E-state index contributed by atoms with van der Waals surface area (Å²) in [5.41, 5.74) is 1.08. The van der Waals surface area contributed by atoms with E-state index in [1.54, 1.807) is 11.3 Å².